The van der Waals surface area contributed by atoms with Gasteiger partial charge in [0.25, 0.3) is 0 Å². The van der Waals surface area contributed by atoms with Gasteiger partial charge < -0.3 is 15.0 Å². The molecule has 0 amide bonds. The van der Waals surface area contributed by atoms with Crippen molar-refractivity contribution in [1.29, 1.82) is 0 Å². The summed E-state index contributed by atoms with van der Waals surface area (Å²) in [5.41, 5.74) is 0. The van der Waals surface area contributed by atoms with Crippen LogP contribution < -0.4 is 10.1 Å². The smallest absolute Gasteiger partial charge is 0.226 e. The lowest BCUT2D eigenvalue weighted by Gasteiger charge is -2.18. The van der Waals surface area contributed by atoms with Crippen molar-refractivity contribution in [2.75, 3.05) is 32.6 Å². The Labute approximate surface area is 103 Å². The molecule has 0 aromatic carbocycles. The van der Waals surface area contributed by atoms with Gasteiger partial charge in [0.2, 0.25) is 11.8 Å². The van der Waals surface area contributed by atoms with Crippen LogP contribution in [0.3, 0.4) is 0 Å². The second kappa shape index (κ2) is 7.06. The lowest BCUT2D eigenvalue weighted by Crippen LogP contribution is -2.30. The number of aromatic nitrogens is 2. The Hall–Kier alpha value is -1.36. The molecule has 0 aliphatic rings. The fraction of sp³-hybridized carbons (Fsp3) is 0.667. The summed E-state index contributed by atoms with van der Waals surface area (Å²) < 4.78 is 5.46. The van der Waals surface area contributed by atoms with Gasteiger partial charge in [-0.2, -0.15) is 4.98 Å². The van der Waals surface area contributed by atoms with Crippen molar-refractivity contribution in [3.8, 4) is 5.88 Å². The van der Waals surface area contributed by atoms with Crippen molar-refractivity contribution in [2.24, 2.45) is 0 Å². The van der Waals surface area contributed by atoms with E-state index < -0.39 is 0 Å². The van der Waals surface area contributed by atoms with Crippen LogP contribution in [0, 0.1) is 0 Å². The molecule has 1 unspecified atom stereocenters. The SMILES string of the molecule is CCCOc1ccnc(NC(C)CN(C)C)n1. The molecule has 96 valence electrons. The lowest BCUT2D eigenvalue weighted by atomic mass is 10.3. The van der Waals surface area contributed by atoms with Crippen molar-refractivity contribution >= 4 is 5.95 Å². The summed E-state index contributed by atoms with van der Waals surface area (Å²) in [5.74, 6) is 1.24. The highest BCUT2D eigenvalue weighted by atomic mass is 16.5. The van der Waals surface area contributed by atoms with Crippen molar-refractivity contribution in [3.63, 3.8) is 0 Å². The molecule has 0 saturated heterocycles. The summed E-state index contributed by atoms with van der Waals surface area (Å²) in [7, 11) is 4.08. The molecule has 0 aliphatic carbocycles. The maximum absolute atomic E-state index is 5.46. The van der Waals surface area contributed by atoms with E-state index in [1.165, 1.54) is 0 Å². The Balaban J connectivity index is 2.52. The molecule has 0 bridgehead atoms. The van der Waals surface area contributed by atoms with Gasteiger partial charge in [-0.3, -0.25) is 0 Å². The van der Waals surface area contributed by atoms with Gasteiger partial charge in [0.1, 0.15) is 0 Å². The molecule has 0 spiro atoms. The summed E-state index contributed by atoms with van der Waals surface area (Å²) in [6, 6.07) is 2.07. The first kappa shape index (κ1) is 13.7. The number of hydrogen-bond acceptors (Lipinski definition) is 5. The number of rotatable bonds is 7. The zero-order valence-electron chi connectivity index (χ0n) is 11.1. The second-order valence-electron chi connectivity index (χ2n) is 4.37. The summed E-state index contributed by atoms with van der Waals surface area (Å²) in [6.45, 7) is 5.79. The van der Waals surface area contributed by atoms with Crippen LogP contribution in [0.25, 0.3) is 0 Å². The van der Waals surface area contributed by atoms with E-state index in [-0.39, 0.29) is 0 Å². The van der Waals surface area contributed by atoms with Gasteiger partial charge in [-0.05, 0) is 27.4 Å². The zero-order valence-corrected chi connectivity index (χ0v) is 11.1. The fourth-order valence-electron chi connectivity index (χ4n) is 1.51. The lowest BCUT2D eigenvalue weighted by molar-refractivity contribution is 0.305. The molecular formula is C12H22N4O. The van der Waals surface area contributed by atoms with Crippen molar-refractivity contribution in [1.82, 2.24) is 14.9 Å². The molecule has 5 heteroatoms. The largest absolute Gasteiger partial charge is 0.478 e. The predicted molar refractivity (Wildman–Crippen MR) is 69.5 cm³/mol. The average Bonchev–Trinajstić information content (AvgIpc) is 2.25. The summed E-state index contributed by atoms with van der Waals surface area (Å²) in [4.78, 5) is 10.6. The standard InChI is InChI=1S/C12H22N4O/c1-5-8-17-11-6-7-13-12(15-11)14-10(2)9-16(3)4/h6-7,10H,5,8-9H2,1-4H3,(H,13,14,15). The summed E-state index contributed by atoms with van der Waals surface area (Å²) in [6.07, 6.45) is 2.69. The van der Waals surface area contributed by atoms with E-state index in [9.17, 15) is 0 Å². The number of likely N-dealkylation sites (N-methyl/N-ethyl adjacent to an activating group) is 1. The van der Waals surface area contributed by atoms with Crippen LogP contribution in [-0.2, 0) is 0 Å². The van der Waals surface area contributed by atoms with Gasteiger partial charge in [0.05, 0.1) is 6.61 Å². The maximum Gasteiger partial charge on any atom is 0.226 e. The van der Waals surface area contributed by atoms with E-state index in [2.05, 4.69) is 34.0 Å². The number of hydrogen-bond donors (Lipinski definition) is 1. The molecule has 0 saturated carbocycles. The Bertz CT molecular complexity index is 330. The minimum absolute atomic E-state index is 0.298. The third kappa shape index (κ3) is 5.49. The van der Waals surface area contributed by atoms with E-state index in [1.54, 1.807) is 12.3 Å². The Morgan fingerprint density at radius 3 is 2.88 bits per heavy atom. The van der Waals surface area contributed by atoms with E-state index in [0.29, 0.717) is 24.5 Å². The van der Waals surface area contributed by atoms with E-state index >= 15 is 0 Å². The first-order chi connectivity index (χ1) is 8.11. The first-order valence-electron chi connectivity index (χ1n) is 5.99. The van der Waals surface area contributed by atoms with E-state index in [4.69, 9.17) is 4.74 Å². The van der Waals surface area contributed by atoms with Crippen molar-refractivity contribution < 1.29 is 4.74 Å². The Morgan fingerprint density at radius 2 is 2.24 bits per heavy atom. The third-order valence-electron chi connectivity index (χ3n) is 2.10. The normalized spacial score (nSPS) is 12.5. The topological polar surface area (TPSA) is 50.3 Å². The minimum atomic E-state index is 0.298. The van der Waals surface area contributed by atoms with Gasteiger partial charge in [-0.15, -0.1) is 0 Å². The van der Waals surface area contributed by atoms with E-state index in [0.717, 1.165) is 13.0 Å². The second-order valence-corrected chi connectivity index (χ2v) is 4.37. The highest BCUT2D eigenvalue weighted by Gasteiger charge is 2.06. The molecule has 0 aliphatic heterocycles. The minimum Gasteiger partial charge on any atom is -0.478 e. The van der Waals surface area contributed by atoms with Gasteiger partial charge in [0, 0.05) is 24.8 Å². The first-order valence-corrected chi connectivity index (χ1v) is 5.99. The van der Waals surface area contributed by atoms with Crippen LogP contribution in [0.15, 0.2) is 12.3 Å². The molecule has 1 rings (SSSR count). The van der Waals surface area contributed by atoms with Gasteiger partial charge in [0.15, 0.2) is 0 Å². The third-order valence-corrected chi connectivity index (χ3v) is 2.10. The molecule has 1 aromatic rings. The van der Waals surface area contributed by atoms with Crippen LogP contribution in [0.2, 0.25) is 0 Å². The van der Waals surface area contributed by atoms with Gasteiger partial charge in [-0.25, -0.2) is 4.98 Å². The fourth-order valence-corrected chi connectivity index (χ4v) is 1.51. The van der Waals surface area contributed by atoms with Crippen molar-refractivity contribution in [2.45, 2.75) is 26.3 Å². The molecule has 0 fully saturated rings. The Morgan fingerprint density at radius 1 is 1.47 bits per heavy atom. The molecule has 1 atom stereocenters. The molecule has 1 aromatic heterocycles. The quantitative estimate of drug-likeness (QED) is 0.782. The molecule has 1 N–H and O–H groups in total. The van der Waals surface area contributed by atoms with Gasteiger partial charge >= 0.3 is 0 Å². The zero-order chi connectivity index (χ0) is 12.7. The molecule has 1 heterocycles. The number of nitrogens with one attached hydrogen (secondary N) is 1. The molecular weight excluding hydrogens is 216 g/mol. The van der Waals surface area contributed by atoms with Gasteiger partial charge in [-0.1, -0.05) is 6.92 Å². The number of anilines is 1. The molecule has 17 heavy (non-hydrogen) atoms. The Kier molecular flexibility index (Phi) is 5.69. The van der Waals surface area contributed by atoms with Crippen molar-refractivity contribution in [3.05, 3.63) is 12.3 Å². The van der Waals surface area contributed by atoms with Crippen LogP contribution in [0.5, 0.6) is 5.88 Å². The maximum atomic E-state index is 5.46. The van der Waals surface area contributed by atoms with Crippen LogP contribution in [0.1, 0.15) is 20.3 Å². The number of ether oxygens (including phenoxy) is 1. The number of nitrogens with zero attached hydrogens (tertiary/aromatic N) is 3. The van der Waals surface area contributed by atoms with E-state index in [1.807, 2.05) is 14.1 Å². The monoisotopic (exact) mass is 238 g/mol. The molecule has 0 radical (unpaired) electrons. The summed E-state index contributed by atoms with van der Waals surface area (Å²) in [5, 5.41) is 3.25. The predicted octanol–water partition coefficient (Wildman–Crippen LogP) is 1.63. The average molecular weight is 238 g/mol. The molecule has 5 nitrogen and oxygen atoms in total. The summed E-state index contributed by atoms with van der Waals surface area (Å²) >= 11 is 0. The van der Waals surface area contributed by atoms with Crippen LogP contribution in [0.4, 0.5) is 5.95 Å². The van der Waals surface area contributed by atoms with Crippen LogP contribution >= 0.6 is 0 Å². The highest BCUT2D eigenvalue weighted by Crippen LogP contribution is 2.09. The highest BCUT2D eigenvalue weighted by molar-refractivity contribution is 5.28. The van der Waals surface area contributed by atoms with Crippen LogP contribution in [-0.4, -0.2) is 48.2 Å².